The topological polar surface area (TPSA) is 52.6 Å². The van der Waals surface area contributed by atoms with Crippen molar-refractivity contribution < 1.29 is 13.6 Å². The molecular formula is C16H14O4. The van der Waals surface area contributed by atoms with E-state index >= 15 is 0 Å². The van der Waals surface area contributed by atoms with Crippen LogP contribution in [0.15, 0.2) is 56.3 Å². The van der Waals surface area contributed by atoms with Crippen molar-refractivity contribution in [3.05, 3.63) is 70.0 Å². The van der Waals surface area contributed by atoms with Gasteiger partial charge in [0.05, 0.1) is 6.61 Å². The summed E-state index contributed by atoms with van der Waals surface area (Å²) in [4.78, 5) is 11.4. The highest BCUT2D eigenvalue weighted by molar-refractivity contribution is 5.61. The molecule has 4 heteroatoms. The first-order valence-corrected chi connectivity index (χ1v) is 6.36. The summed E-state index contributed by atoms with van der Waals surface area (Å²) in [6, 6.07) is 11.7. The fourth-order valence-electron chi connectivity index (χ4n) is 2.04. The van der Waals surface area contributed by atoms with Crippen LogP contribution < -0.4 is 5.63 Å². The van der Waals surface area contributed by atoms with Crippen LogP contribution in [0.2, 0.25) is 0 Å². The van der Waals surface area contributed by atoms with E-state index in [0.717, 1.165) is 11.1 Å². The second-order valence-corrected chi connectivity index (χ2v) is 4.62. The van der Waals surface area contributed by atoms with Crippen molar-refractivity contribution in [3.63, 3.8) is 0 Å². The van der Waals surface area contributed by atoms with Crippen LogP contribution in [-0.2, 0) is 18.0 Å². The van der Waals surface area contributed by atoms with Crippen LogP contribution in [0.4, 0.5) is 0 Å². The molecule has 0 radical (unpaired) electrons. The standard InChI is InChI=1S/C16H14O4/c1-11-14-7-13(19-10-15(14)20-16(11)17)9-18-8-12-5-3-2-4-6-12/h2-7,10H,8-9H2,1H3. The fraction of sp³-hybridized carbons (Fsp3) is 0.188. The third-order valence-electron chi connectivity index (χ3n) is 3.16. The molecule has 0 atom stereocenters. The Morgan fingerprint density at radius 1 is 1.15 bits per heavy atom. The first-order chi connectivity index (χ1) is 9.74. The van der Waals surface area contributed by atoms with Crippen molar-refractivity contribution in [1.29, 1.82) is 0 Å². The summed E-state index contributed by atoms with van der Waals surface area (Å²) >= 11 is 0. The molecular weight excluding hydrogens is 256 g/mol. The van der Waals surface area contributed by atoms with Crippen molar-refractivity contribution in [2.75, 3.05) is 0 Å². The summed E-state index contributed by atoms with van der Waals surface area (Å²) in [6.45, 7) is 2.61. The van der Waals surface area contributed by atoms with E-state index in [1.165, 1.54) is 6.26 Å². The Hall–Kier alpha value is -2.33. The average molecular weight is 270 g/mol. The summed E-state index contributed by atoms with van der Waals surface area (Å²) in [6.07, 6.45) is 1.45. The monoisotopic (exact) mass is 270 g/mol. The molecule has 0 saturated heterocycles. The number of rotatable bonds is 4. The van der Waals surface area contributed by atoms with Gasteiger partial charge in [0.2, 0.25) is 0 Å². The predicted octanol–water partition coefficient (Wildman–Crippen LogP) is 3.36. The van der Waals surface area contributed by atoms with Crippen molar-refractivity contribution in [2.24, 2.45) is 0 Å². The van der Waals surface area contributed by atoms with Gasteiger partial charge in [-0.15, -0.1) is 0 Å². The van der Waals surface area contributed by atoms with Gasteiger partial charge in [-0.3, -0.25) is 0 Å². The lowest BCUT2D eigenvalue weighted by atomic mass is 10.1. The zero-order valence-electron chi connectivity index (χ0n) is 11.1. The molecule has 0 aromatic heterocycles. The van der Waals surface area contributed by atoms with Gasteiger partial charge in [-0.05, 0) is 18.6 Å². The second kappa shape index (κ2) is 5.35. The summed E-state index contributed by atoms with van der Waals surface area (Å²) in [5, 5.41) is 0. The second-order valence-electron chi connectivity index (χ2n) is 4.62. The van der Waals surface area contributed by atoms with Gasteiger partial charge in [0.1, 0.15) is 18.6 Å². The van der Waals surface area contributed by atoms with E-state index in [1.54, 1.807) is 13.0 Å². The maximum atomic E-state index is 11.4. The molecule has 2 aliphatic rings. The normalized spacial score (nSPS) is 11.1. The highest BCUT2D eigenvalue weighted by Crippen LogP contribution is 2.25. The SMILES string of the molecule is Cc1c2cc(COCc3ccccc3)occ-2oc1=O. The van der Waals surface area contributed by atoms with Crippen molar-refractivity contribution in [3.8, 4) is 11.3 Å². The molecule has 0 fully saturated rings. The van der Waals surface area contributed by atoms with Gasteiger partial charge in [-0.2, -0.15) is 0 Å². The van der Waals surface area contributed by atoms with Crippen LogP contribution >= 0.6 is 0 Å². The number of furan rings is 1. The molecule has 0 aliphatic carbocycles. The van der Waals surface area contributed by atoms with E-state index in [1.807, 2.05) is 30.3 Å². The Bertz CT molecular complexity index is 724. The molecule has 3 rings (SSSR count). The minimum atomic E-state index is -0.322. The highest BCUT2D eigenvalue weighted by Gasteiger charge is 2.15. The maximum Gasteiger partial charge on any atom is 0.339 e. The lowest BCUT2D eigenvalue weighted by molar-refractivity contribution is 0.0917. The molecule has 0 unspecified atom stereocenters. The van der Waals surface area contributed by atoms with Crippen LogP contribution in [0.1, 0.15) is 16.9 Å². The molecule has 0 amide bonds. The minimum absolute atomic E-state index is 0.322. The van der Waals surface area contributed by atoms with Gasteiger partial charge in [0.15, 0.2) is 5.76 Å². The Balaban J connectivity index is 1.71. The third kappa shape index (κ3) is 2.51. The molecule has 0 spiro atoms. The van der Waals surface area contributed by atoms with Gasteiger partial charge in [-0.25, -0.2) is 4.79 Å². The maximum absolute atomic E-state index is 11.4. The first-order valence-electron chi connectivity index (χ1n) is 6.36. The van der Waals surface area contributed by atoms with Gasteiger partial charge < -0.3 is 13.6 Å². The molecule has 0 bridgehead atoms. The van der Waals surface area contributed by atoms with Crippen LogP contribution in [0, 0.1) is 6.92 Å². The summed E-state index contributed by atoms with van der Waals surface area (Å²) in [7, 11) is 0. The van der Waals surface area contributed by atoms with E-state index in [2.05, 4.69) is 0 Å². The molecule has 20 heavy (non-hydrogen) atoms. The lowest BCUT2D eigenvalue weighted by Gasteiger charge is -2.05. The Labute approximate surface area is 115 Å². The average Bonchev–Trinajstić information content (AvgIpc) is 2.76. The van der Waals surface area contributed by atoms with Crippen LogP contribution in [0.25, 0.3) is 11.3 Å². The van der Waals surface area contributed by atoms with Crippen LogP contribution in [-0.4, -0.2) is 0 Å². The molecule has 0 saturated carbocycles. The molecule has 1 aromatic rings. The molecule has 2 aliphatic heterocycles. The number of ether oxygens (including phenoxy) is 1. The quantitative estimate of drug-likeness (QED) is 0.729. The molecule has 4 nitrogen and oxygen atoms in total. The summed E-state index contributed by atoms with van der Waals surface area (Å²) in [5.41, 5.74) is 2.16. The first kappa shape index (κ1) is 12.7. The highest BCUT2D eigenvalue weighted by atomic mass is 16.5. The number of benzene rings is 1. The van der Waals surface area contributed by atoms with Crippen molar-refractivity contribution in [2.45, 2.75) is 20.1 Å². The van der Waals surface area contributed by atoms with E-state index in [9.17, 15) is 4.79 Å². The molecule has 1 aromatic carbocycles. The van der Waals surface area contributed by atoms with Crippen molar-refractivity contribution in [1.82, 2.24) is 0 Å². The van der Waals surface area contributed by atoms with Gasteiger partial charge in [0, 0.05) is 11.1 Å². The van der Waals surface area contributed by atoms with Crippen molar-refractivity contribution >= 4 is 0 Å². The van der Waals surface area contributed by atoms with Gasteiger partial charge >= 0.3 is 5.63 Å². The Morgan fingerprint density at radius 2 is 1.95 bits per heavy atom. The van der Waals surface area contributed by atoms with Crippen LogP contribution in [0.5, 0.6) is 0 Å². The smallest absolute Gasteiger partial charge is 0.339 e. The fourth-order valence-corrected chi connectivity index (χ4v) is 2.04. The van der Waals surface area contributed by atoms with E-state index in [-0.39, 0.29) is 5.63 Å². The Morgan fingerprint density at radius 3 is 2.75 bits per heavy atom. The molecule has 0 N–H and O–H groups in total. The molecule has 2 heterocycles. The summed E-state index contributed by atoms with van der Waals surface area (Å²) in [5.74, 6) is 1.14. The van der Waals surface area contributed by atoms with Crippen LogP contribution in [0.3, 0.4) is 0 Å². The van der Waals surface area contributed by atoms with E-state index in [4.69, 9.17) is 13.6 Å². The zero-order valence-corrected chi connectivity index (χ0v) is 11.1. The third-order valence-corrected chi connectivity index (χ3v) is 3.16. The lowest BCUT2D eigenvalue weighted by Crippen LogP contribution is -1.96. The van der Waals surface area contributed by atoms with E-state index < -0.39 is 0 Å². The Kier molecular flexibility index (Phi) is 3.39. The largest absolute Gasteiger partial charge is 0.463 e. The van der Waals surface area contributed by atoms with Gasteiger partial charge in [-0.1, -0.05) is 30.3 Å². The number of hydrogen-bond acceptors (Lipinski definition) is 4. The van der Waals surface area contributed by atoms with Gasteiger partial charge in [0.25, 0.3) is 0 Å². The zero-order chi connectivity index (χ0) is 13.9. The summed E-state index contributed by atoms with van der Waals surface area (Å²) < 4.78 is 16.0. The minimum Gasteiger partial charge on any atom is -0.463 e. The molecule has 102 valence electrons. The number of hydrogen-bond donors (Lipinski definition) is 0. The predicted molar refractivity (Wildman–Crippen MR) is 73.5 cm³/mol. The van der Waals surface area contributed by atoms with E-state index in [0.29, 0.717) is 30.3 Å². The number of fused-ring (bicyclic) bond motifs is 1.